The monoisotopic (exact) mass is 311 g/mol. The Hall–Kier alpha value is -1.24. The van der Waals surface area contributed by atoms with E-state index in [0.29, 0.717) is 17.7 Å². The SMILES string of the molecule is CCC1CCCCN1C(=O)CSc1nnc(N)n1C(C)C. The van der Waals surface area contributed by atoms with Gasteiger partial charge < -0.3 is 10.6 Å². The maximum Gasteiger partial charge on any atom is 0.233 e. The van der Waals surface area contributed by atoms with Gasteiger partial charge in [-0.1, -0.05) is 18.7 Å². The summed E-state index contributed by atoms with van der Waals surface area (Å²) in [5, 5.41) is 8.70. The molecule has 118 valence electrons. The van der Waals surface area contributed by atoms with E-state index in [-0.39, 0.29) is 11.9 Å². The van der Waals surface area contributed by atoms with E-state index in [1.807, 2.05) is 23.3 Å². The van der Waals surface area contributed by atoms with E-state index in [2.05, 4.69) is 17.1 Å². The number of carbonyl (C=O) groups excluding carboxylic acids is 1. The lowest BCUT2D eigenvalue weighted by Gasteiger charge is -2.35. The van der Waals surface area contributed by atoms with E-state index >= 15 is 0 Å². The zero-order valence-electron chi connectivity index (χ0n) is 13.1. The number of nitrogen functional groups attached to an aromatic ring is 1. The Morgan fingerprint density at radius 3 is 2.86 bits per heavy atom. The number of hydrogen-bond donors (Lipinski definition) is 1. The molecule has 21 heavy (non-hydrogen) atoms. The Kier molecular flexibility index (Phi) is 5.50. The van der Waals surface area contributed by atoms with Gasteiger partial charge in [-0.15, -0.1) is 10.2 Å². The number of aromatic nitrogens is 3. The summed E-state index contributed by atoms with van der Waals surface area (Å²) in [5.41, 5.74) is 5.82. The number of anilines is 1. The molecule has 1 atom stereocenters. The third-order valence-corrected chi connectivity index (χ3v) is 4.88. The van der Waals surface area contributed by atoms with Crippen LogP contribution in [0.1, 0.15) is 52.5 Å². The van der Waals surface area contributed by atoms with Crippen LogP contribution in [-0.2, 0) is 4.79 Å². The first-order valence-electron chi connectivity index (χ1n) is 7.67. The van der Waals surface area contributed by atoms with E-state index in [1.165, 1.54) is 18.2 Å². The van der Waals surface area contributed by atoms with Gasteiger partial charge in [0, 0.05) is 18.6 Å². The average molecular weight is 311 g/mol. The van der Waals surface area contributed by atoms with Gasteiger partial charge in [-0.25, -0.2) is 0 Å². The number of nitrogens with zero attached hydrogens (tertiary/aromatic N) is 4. The third kappa shape index (κ3) is 3.70. The van der Waals surface area contributed by atoms with Gasteiger partial charge >= 0.3 is 0 Å². The molecule has 1 aromatic rings. The van der Waals surface area contributed by atoms with Crippen molar-refractivity contribution >= 4 is 23.6 Å². The van der Waals surface area contributed by atoms with Gasteiger partial charge in [-0.2, -0.15) is 0 Å². The van der Waals surface area contributed by atoms with Gasteiger partial charge in [0.1, 0.15) is 0 Å². The summed E-state index contributed by atoms with van der Waals surface area (Å²) in [4.78, 5) is 14.5. The van der Waals surface area contributed by atoms with Gasteiger partial charge in [0.15, 0.2) is 5.16 Å². The van der Waals surface area contributed by atoms with Crippen molar-refractivity contribution in [2.24, 2.45) is 0 Å². The highest BCUT2D eigenvalue weighted by Gasteiger charge is 2.25. The molecule has 1 saturated heterocycles. The summed E-state index contributed by atoms with van der Waals surface area (Å²) in [7, 11) is 0. The average Bonchev–Trinajstić information content (AvgIpc) is 2.85. The highest BCUT2D eigenvalue weighted by atomic mass is 32.2. The molecule has 1 aliphatic rings. The highest BCUT2D eigenvalue weighted by Crippen LogP contribution is 2.25. The molecule has 0 bridgehead atoms. The van der Waals surface area contributed by atoms with Crippen LogP contribution in [0.2, 0.25) is 0 Å². The van der Waals surface area contributed by atoms with Crippen molar-refractivity contribution < 1.29 is 4.79 Å². The second kappa shape index (κ2) is 7.15. The van der Waals surface area contributed by atoms with E-state index in [0.717, 1.165) is 31.0 Å². The van der Waals surface area contributed by atoms with Crippen LogP contribution in [0.15, 0.2) is 5.16 Å². The van der Waals surface area contributed by atoms with Crippen LogP contribution in [0.3, 0.4) is 0 Å². The Balaban J connectivity index is 1.98. The van der Waals surface area contributed by atoms with Crippen LogP contribution < -0.4 is 5.73 Å². The number of amides is 1. The quantitative estimate of drug-likeness (QED) is 0.844. The predicted molar refractivity (Wildman–Crippen MR) is 85.2 cm³/mol. The first kappa shape index (κ1) is 16.1. The lowest BCUT2D eigenvalue weighted by atomic mass is 10.0. The van der Waals surface area contributed by atoms with Crippen LogP contribution in [0, 0.1) is 0 Å². The Morgan fingerprint density at radius 2 is 2.19 bits per heavy atom. The Labute approximate surface area is 130 Å². The van der Waals surface area contributed by atoms with Crippen molar-refractivity contribution in [3.05, 3.63) is 0 Å². The molecule has 0 aromatic carbocycles. The van der Waals surface area contributed by atoms with E-state index in [1.54, 1.807) is 0 Å². The Morgan fingerprint density at radius 1 is 1.43 bits per heavy atom. The van der Waals surface area contributed by atoms with Crippen LogP contribution >= 0.6 is 11.8 Å². The molecule has 0 radical (unpaired) electrons. The summed E-state index contributed by atoms with van der Waals surface area (Å²) in [6, 6.07) is 0.593. The summed E-state index contributed by atoms with van der Waals surface area (Å²) >= 11 is 1.43. The minimum atomic E-state index is 0.191. The standard InChI is InChI=1S/C14H25N5OS/c1-4-11-7-5-6-8-18(11)12(20)9-21-14-17-16-13(15)19(14)10(2)3/h10-11H,4-9H2,1-3H3,(H2,15,16). The van der Waals surface area contributed by atoms with Crippen molar-refractivity contribution in [2.75, 3.05) is 18.0 Å². The molecule has 1 unspecified atom stereocenters. The molecule has 6 nitrogen and oxygen atoms in total. The number of piperidine rings is 1. The minimum absolute atomic E-state index is 0.191. The highest BCUT2D eigenvalue weighted by molar-refractivity contribution is 7.99. The van der Waals surface area contributed by atoms with Gasteiger partial charge in [0.25, 0.3) is 0 Å². The molecule has 2 heterocycles. The maximum absolute atomic E-state index is 12.4. The molecule has 1 aliphatic heterocycles. The summed E-state index contributed by atoms with van der Waals surface area (Å²) in [6.07, 6.45) is 4.50. The zero-order chi connectivity index (χ0) is 15.4. The molecular weight excluding hydrogens is 286 g/mol. The number of rotatable bonds is 5. The van der Waals surface area contributed by atoms with E-state index in [9.17, 15) is 4.79 Å². The number of hydrogen-bond acceptors (Lipinski definition) is 5. The fourth-order valence-electron chi connectivity index (χ4n) is 2.83. The summed E-state index contributed by atoms with van der Waals surface area (Å²) in [5.74, 6) is 1.01. The smallest absolute Gasteiger partial charge is 0.233 e. The largest absolute Gasteiger partial charge is 0.368 e. The molecule has 0 saturated carbocycles. The minimum Gasteiger partial charge on any atom is -0.368 e. The molecule has 7 heteroatoms. The summed E-state index contributed by atoms with van der Waals surface area (Å²) in [6.45, 7) is 7.10. The number of nitrogens with two attached hydrogens (primary N) is 1. The van der Waals surface area contributed by atoms with Crippen molar-refractivity contribution in [3.8, 4) is 0 Å². The van der Waals surface area contributed by atoms with Crippen molar-refractivity contribution in [2.45, 2.75) is 63.7 Å². The summed E-state index contributed by atoms with van der Waals surface area (Å²) < 4.78 is 1.87. The molecule has 2 N–H and O–H groups in total. The second-order valence-electron chi connectivity index (χ2n) is 5.74. The first-order valence-corrected chi connectivity index (χ1v) is 8.65. The first-order chi connectivity index (χ1) is 10.0. The third-order valence-electron chi connectivity index (χ3n) is 3.95. The van der Waals surface area contributed by atoms with Crippen LogP contribution in [0.25, 0.3) is 0 Å². The number of carbonyl (C=O) groups is 1. The number of thioether (sulfide) groups is 1. The predicted octanol–water partition coefficient (Wildman–Crippen LogP) is 2.32. The van der Waals surface area contributed by atoms with Gasteiger partial charge in [-0.05, 0) is 39.5 Å². The van der Waals surface area contributed by atoms with Crippen LogP contribution in [-0.4, -0.2) is 43.9 Å². The zero-order valence-corrected chi connectivity index (χ0v) is 13.9. The van der Waals surface area contributed by atoms with E-state index < -0.39 is 0 Å². The molecule has 2 rings (SSSR count). The molecular formula is C14H25N5OS. The molecule has 1 aromatic heterocycles. The van der Waals surface area contributed by atoms with Crippen molar-refractivity contribution in [3.63, 3.8) is 0 Å². The van der Waals surface area contributed by atoms with Gasteiger partial charge in [0.2, 0.25) is 11.9 Å². The fourth-order valence-corrected chi connectivity index (χ4v) is 3.80. The van der Waals surface area contributed by atoms with E-state index in [4.69, 9.17) is 5.73 Å². The Bertz CT molecular complexity index is 488. The second-order valence-corrected chi connectivity index (χ2v) is 6.68. The molecule has 0 spiro atoms. The van der Waals surface area contributed by atoms with Crippen LogP contribution in [0.5, 0.6) is 0 Å². The molecule has 1 amide bonds. The maximum atomic E-state index is 12.4. The normalized spacial score (nSPS) is 19.2. The lowest BCUT2D eigenvalue weighted by Crippen LogP contribution is -2.44. The van der Waals surface area contributed by atoms with Crippen LogP contribution in [0.4, 0.5) is 5.95 Å². The van der Waals surface area contributed by atoms with Gasteiger partial charge in [-0.3, -0.25) is 9.36 Å². The van der Waals surface area contributed by atoms with Crippen molar-refractivity contribution in [1.82, 2.24) is 19.7 Å². The molecule has 0 aliphatic carbocycles. The topological polar surface area (TPSA) is 77.0 Å². The lowest BCUT2D eigenvalue weighted by molar-refractivity contribution is -0.132. The van der Waals surface area contributed by atoms with Crippen molar-refractivity contribution in [1.29, 1.82) is 0 Å². The fraction of sp³-hybridized carbons (Fsp3) is 0.786. The number of likely N-dealkylation sites (tertiary alicyclic amines) is 1. The van der Waals surface area contributed by atoms with Gasteiger partial charge in [0.05, 0.1) is 5.75 Å². The molecule has 1 fully saturated rings.